The van der Waals surface area contributed by atoms with E-state index >= 15 is 0 Å². The van der Waals surface area contributed by atoms with Gasteiger partial charge in [-0.3, -0.25) is 0 Å². The van der Waals surface area contributed by atoms with Gasteiger partial charge in [-0.05, 0) is 57.0 Å². The Balaban J connectivity index is 1.50. The number of carbonyl (C=O) groups excluding carboxylic acids is 1. The summed E-state index contributed by atoms with van der Waals surface area (Å²) in [6, 6.07) is 11.8. The minimum atomic E-state index is -0.474. The minimum Gasteiger partial charge on any atom is -0.454 e. The highest BCUT2D eigenvalue weighted by Crippen LogP contribution is 2.29. The summed E-state index contributed by atoms with van der Waals surface area (Å²) >= 11 is 0. The molecule has 1 aliphatic heterocycles. The molecular weight excluding hydrogens is 425 g/mol. The van der Waals surface area contributed by atoms with Crippen LogP contribution in [0.5, 0.6) is 11.5 Å². The smallest absolute Gasteiger partial charge is 0.417 e. The van der Waals surface area contributed by atoms with Gasteiger partial charge in [0.2, 0.25) is 11.9 Å². The van der Waals surface area contributed by atoms with Crippen molar-refractivity contribution >= 4 is 18.0 Å². The van der Waals surface area contributed by atoms with E-state index in [4.69, 9.17) is 9.47 Å². The lowest BCUT2D eigenvalue weighted by Gasteiger charge is -2.20. The van der Waals surface area contributed by atoms with E-state index in [0.29, 0.717) is 36.1 Å². The van der Waals surface area contributed by atoms with Crippen LogP contribution in [0.4, 0.5) is 21.1 Å². The van der Waals surface area contributed by atoms with Crippen LogP contribution in [-0.4, -0.2) is 33.7 Å². The van der Waals surface area contributed by atoms with E-state index in [1.165, 1.54) is 11.0 Å². The number of rotatable bonds is 7. The highest BCUT2D eigenvalue weighted by atomic mass is 19.1. The number of nitrogens with zero attached hydrogens (tertiary/aromatic N) is 4. The van der Waals surface area contributed by atoms with E-state index in [1.807, 2.05) is 32.9 Å². The second-order valence-corrected chi connectivity index (χ2v) is 7.99. The standard InChI is InChI=1S/C24H26FN5O3/c1-5-18-13-32-24(31)30(18)23-28-16(4)27-22(29-23)26-15(3)17-8-11-21(20(25)12-17)33-19-9-6-14(2)7-10-19/h6-12,15,18H,5,13H2,1-4H3,(H,26,27,28,29)/t15-,18-/m0/s1. The SMILES string of the molecule is CC[C@H]1COC(=O)N1c1nc(C)nc(N[C@@H](C)c2ccc(Oc3ccc(C)cc3)c(F)c2)n1. The average Bonchev–Trinajstić information content (AvgIpc) is 3.16. The van der Waals surface area contributed by atoms with Crippen LogP contribution >= 0.6 is 0 Å². The Morgan fingerprint density at radius 1 is 1.18 bits per heavy atom. The Bertz CT molecular complexity index is 1160. The first-order valence-corrected chi connectivity index (χ1v) is 10.8. The summed E-state index contributed by atoms with van der Waals surface area (Å²) in [6.45, 7) is 7.84. The van der Waals surface area contributed by atoms with Gasteiger partial charge >= 0.3 is 6.09 Å². The number of ether oxygens (including phenoxy) is 2. The molecule has 0 unspecified atom stereocenters. The molecule has 0 bridgehead atoms. The number of hydrogen-bond acceptors (Lipinski definition) is 7. The summed E-state index contributed by atoms with van der Waals surface area (Å²) in [7, 11) is 0. The highest BCUT2D eigenvalue weighted by Gasteiger charge is 2.35. The van der Waals surface area contributed by atoms with Crippen LogP contribution in [0.2, 0.25) is 0 Å². The second-order valence-electron chi connectivity index (χ2n) is 7.99. The van der Waals surface area contributed by atoms with Crippen LogP contribution in [0.1, 0.15) is 43.3 Å². The summed E-state index contributed by atoms with van der Waals surface area (Å²) < 4.78 is 25.5. The summed E-state index contributed by atoms with van der Waals surface area (Å²) in [5, 5.41) is 3.16. The molecule has 1 aliphatic rings. The molecule has 1 saturated heterocycles. The molecule has 3 aromatic rings. The molecule has 172 valence electrons. The molecular formula is C24H26FN5O3. The maximum atomic E-state index is 14.7. The fourth-order valence-electron chi connectivity index (χ4n) is 3.53. The van der Waals surface area contributed by atoms with Crippen LogP contribution in [0.15, 0.2) is 42.5 Å². The third kappa shape index (κ3) is 5.02. The first kappa shape index (κ1) is 22.4. The van der Waals surface area contributed by atoms with Gasteiger partial charge in [-0.15, -0.1) is 0 Å². The van der Waals surface area contributed by atoms with E-state index in [9.17, 15) is 9.18 Å². The van der Waals surface area contributed by atoms with Crippen LogP contribution < -0.4 is 15.0 Å². The fourth-order valence-corrected chi connectivity index (χ4v) is 3.53. The molecule has 1 aromatic heterocycles. The number of amides is 1. The van der Waals surface area contributed by atoms with Gasteiger partial charge < -0.3 is 14.8 Å². The van der Waals surface area contributed by atoms with E-state index in [1.54, 1.807) is 31.2 Å². The van der Waals surface area contributed by atoms with Gasteiger partial charge in [0, 0.05) is 0 Å². The summed E-state index contributed by atoms with van der Waals surface area (Å²) in [4.78, 5) is 26.6. The predicted octanol–water partition coefficient (Wildman–Crippen LogP) is 5.33. The number of cyclic esters (lactones) is 1. The topological polar surface area (TPSA) is 89.5 Å². The molecule has 1 N–H and O–H groups in total. The Morgan fingerprint density at radius 2 is 1.94 bits per heavy atom. The number of anilines is 2. The van der Waals surface area contributed by atoms with Crippen molar-refractivity contribution in [1.82, 2.24) is 15.0 Å². The Labute approximate surface area is 191 Å². The largest absolute Gasteiger partial charge is 0.454 e. The molecule has 0 saturated carbocycles. The van der Waals surface area contributed by atoms with Gasteiger partial charge in [-0.2, -0.15) is 15.0 Å². The second kappa shape index (κ2) is 9.40. The first-order chi connectivity index (χ1) is 15.8. The van der Waals surface area contributed by atoms with Crippen molar-refractivity contribution in [2.75, 3.05) is 16.8 Å². The third-order valence-electron chi connectivity index (χ3n) is 5.43. The van der Waals surface area contributed by atoms with Crippen molar-refractivity contribution < 1.29 is 18.7 Å². The van der Waals surface area contributed by atoms with Crippen molar-refractivity contribution in [2.24, 2.45) is 0 Å². The minimum absolute atomic E-state index is 0.125. The van der Waals surface area contributed by atoms with Crippen LogP contribution in [0.3, 0.4) is 0 Å². The zero-order valence-corrected chi connectivity index (χ0v) is 19.0. The Morgan fingerprint density at radius 3 is 2.64 bits per heavy atom. The molecule has 2 atom stereocenters. The van der Waals surface area contributed by atoms with Gasteiger partial charge in [0.25, 0.3) is 0 Å². The Kier molecular flexibility index (Phi) is 6.39. The normalized spacial score (nSPS) is 16.5. The number of aryl methyl sites for hydroxylation is 2. The van der Waals surface area contributed by atoms with Crippen molar-refractivity contribution in [1.29, 1.82) is 0 Å². The molecule has 2 heterocycles. The zero-order chi connectivity index (χ0) is 23.5. The molecule has 1 amide bonds. The van der Waals surface area contributed by atoms with E-state index in [2.05, 4.69) is 20.3 Å². The van der Waals surface area contributed by atoms with E-state index < -0.39 is 11.9 Å². The quantitative estimate of drug-likeness (QED) is 0.519. The maximum absolute atomic E-state index is 14.7. The maximum Gasteiger partial charge on any atom is 0.417 e. The lowest BCUT2D eigenvalue weighted by atomic mass is 10.1. The van der Waals surface area contributed by atoms with Gasteiger partial charge in [-0.25, -0.2) is 14.1 Å². The first-order valence-electron chi connectivity index (χ1n) is 10.8. The molecule has 0 radical (unpaired) electrons. The van der Waals surface area contributed by atoms with Crippen molar-refractivity contribution in [3.63, 3.8) is 0 Å². The molecule has 9 heteroatoms. The van der Waals surface area contributed by atoms with Gasteiger partial charge in [0.15, 0.2) is 11.6 Å². The molecule has 33 heavy (non-hydrogen) atoms. The fraction of sp³-hybridized carbons (Fsp3) is 0.333. The number of nitrogens with one attached hydrogen (secondary N) is 1. The van der Waals surface area contributed by atoms with Crippen LogP contribution in [-0.2, 0) is 4.74 Å². The molecule has 1 fully saturated rings. The summed E-state index contributed by atoms with van der Waals surface area (Å²) in [5.41, 5.74) is 1.79. The molecule has 8 nitrogen and oxygen atoms in total. The average molecular weight is 452 g/mol. The van der Waals surface area contributed by atoms with E-state index in [0.717, 1.165) is 5.56 Å². The van der Waals surface area contributed by atoms with Crippen LogP contribution in [0.25, 0.3) is 0 Å². The number of benzene rings is 2. The van der Waals surface area contributed by atoms with Crippen molar-refractivity contribution in [3.05, 3.63) is 65.2 Å². The van der Waals surface area contributed by atoms with Gasteiger partial charge in [-0.1, -0.05) is 30.7 Å². The Hall–Kier alpha value is -3.75. The lowest BCUT2D eigenvalue weighted by molar-refractivity contribution is 0.178. The molecule has 4 rings (SSSR count). The highest BCUT2D eigenvalue weighted by molar-refractivity contribution is 5.88. The van der Waals surface area contributed by atoms with Gasteiger partial charge in [0.1, 0.15) is 18.2 Å². The molecule has 0 aliphatic carbocycles. The lowest BCUT2D eigenvalue weighted by Crippen LogP contribution is -2.34. The summed E-state index contributed by atoms with van der Waals surface area (Å²) in [6.07, 6.45) is 0.240. The van der Waals surface area contributed by atoms with Crippen LogP contribution in [0, 0.1) is 19.7 Å². The third-order valence-corrected chi connectivity index (χ3v) is 5.43. The van der Waals surface area contributed by atoms with Gasteiger partial charge in [0.05, 0.1) is 12.1 Å². The number of aromatic nitrogens is 3. The predicted molar refractivity (Wildman–Crippen MR) is 122 cm³/mol. The van der Waals surface area contributed by atoms with E-state index in [-0.39, 0.29) is 23.8 Å². The zero-order valence-electron chi connectivity index (χ0n) is 19.0. The molecule has 0 spiro atoms. The number of carbonyl (C=O) groups is 1. The summed E-state index contributed by atoms with van der Waals surface area (Å²) in [5.74, 6) is 1.22. The number of hydrogen-bond donors (Lipinski definition) is 1. The monoisotopic (exact) mass is 451 g/mol. The van der Waals surface area contributed by atoms with Crippen molar-refractivity contribution in [2.45, 2.75) is 46.2 Å². The van der Waals surface area contributed by atoms with Crippen molar-refractivity contribution in [3.8, 4) is 11.5 Å². The number of halogens is 1. The molecule has 2 aromatic carbocycles.